The van der Waals surface area contributed by atoms with E-state index in [0.29, 0.717) is 22.2 Å². The van der Waals surface area contributed by atoms with E-state index in [1.165, 1.54) is 0 Å². The summed E-state index contributed by atoms with van der Waals surface area (Å²) in [5, 5.41) is 5.96. The van der Waals surface area contributed by atoms with E-state index in [1.807, 2.05) is 17.5 Å². The van der Waals surface area contributed by atoms with Gasteiger partial charge in [-0.1, -0.05) is 35.3 Å². The Morgan fingerprint density at radius 1 is 1.32 bits per heavy atom. The van der Waals surface area contributed by atoms with Crippen LogP contribution in [0, 0.1) is 0 Å². The number of halogens is 2. The van der Waals surface area contributed by atoms with Gasteiger partial charge in [0.05, 0.1) is 10.0 Å². The molecule has 0 aliphatic heterocycles. The molecule has 0 fully saturated rings. The average molecular weight is 315 g/mol. The minimum Gasteiger partial charge on any atom is -0.368 e. The molecule has 1 unspecified atom stereocenters. The number of amides is 1. The highest BCUT2D eigenvalue weighted by Gasteiger charge is 2.18. The van der Waals surface area contributed by atoms with Crippen LogP contribution in [-0.2, 0) is 11.3 Å². The third kappa shape index (κ3) is 3.70. The SMILES string of the molecule is NC(=O)C(NCc1cccs1)c1ccc(Cl)c(Cl)c1. The molecule has 1 heterocycles. The maximum atomic E-state index is 11.5. The van der Waals surface area contributed by atoms with Crippen molar-refractivity contribution >= 4 is 40.4 Å². The smallest absolute Gasteiger partial charge is 0.239 e. The molecular weight excluding hydrogens is 303 g/mol. The molecule has 3 nitrogen and oxygen atoms in total. The number of benzene rings is 1. The third-order valence-electron chi connectivity index (χ3n) is 2.62. The molecule has 0 aliphatic carbocycles. The van der Waals surface area contributed by atoms with Gasteiger partial charge in [0, 0.05) is 11.4 Å². The van der Waals surface area contributed by atoms with Gasteiger partial charge in [-0.15, -0.1) is 11.3 Å². The summed E-state index contributed by atoms with van der Waals surface area (Å²) >= 11 is 13.4. The lowest BCUT2D eigenvalue weighted by Crippen LogP contribution is -2.33. The van der Waals surface area contributed by atoms with E-state index < -0.39 is 11.9 Å². The Hall–Kier alpha value is -1.07. The predicted molar refractivity (Wildman–Crippen MR) is 79.6 cm³/mol. The Labute approximate surface area is 125 Å². The molecule has 6 heteroatoms. The summed E-state index contributed by atoms with van der Waals surface area (Å²) < 4.78 is 0. The molecule has 0 saturated carbocycles. The number of primary amides is 1. The number of carbonyl (C=O) groups is 1. The Bertz CT molecular complexity index is 572. The zero-order valence-corrected chi connectivity index (χ0v) is 12.2. The Kier molecular flexibility index (Phi) is 4.82. The quantitative estimate of drug-likeness (QED) is 0.889. The first-order chi connectivity index (χ1) is 9.08. The molecule has 1 aromatic heterocycles. The molecule has 0 saturated heterocycles. The Morgan fingerprint density at radius 3 is 2.68 bits per heavy atom. The second-order valence-corrected chi connectivity index (χ2v) is 5.82. The van der Waals surface area contributed by atoms with Crippen LogP contribution in [0.5, 0.6) is 0 Å². The summed E-state index contributed by atoms with van der Waals surface area (Å²) in [5.41, 5.74) is 6.13. The first-order valence-electron chi connectivity index (χ1n) is 5.58. The second-order valence-electron chi connectivity index (χ2n) is 3.97. The second kappa shape index (κ2) is 6.39. The molecule has 100 valence electrons. The number of hydrogen-bond acceptors (Lipinski definition) is 3. The lowest BCUT2D eigenvalue weighted by molar-refractivity contribution is -0.120. The van der Waals surface area contributed by atoms with Gasteiger partial charge in [-0.05, 0) is 29.1 Å². The van der Waals surface area contributed by atoms with Gasteiger partial charge < -0.3 is 5.73 Å². The standard InChI is InChI=1S/C13H12Cl2N2OS/c14-10-4-3-8(6-11(10)15)12(13(16)18)17-7-9-2-1-5-19-9/h1-6,12,17H,7H2,(H2,16,18). The minimum absolute atomic E-state index is 0.406. The van der Waals surface area contributed by atoms with E-state index in [2.05, 4.69) is 5.32 Å². The van der Waals surface area contributed by atoms with Crippen molar-refractivity contribution in [2.24, 2.45) is 5.73 Å². The third-order valence-corrected chi connectivity index (χ3v) is 4.24. The molecule has 1 amide bonds. The summed E-state index contributed by atoms with van der Waals surface area (Å²) in [7, 11) is 0. The van der Waals surface area contributed by atoms with E-state index in [9.17, 15) is 4.79 Å². The Balaban J connectivity index is 2.15. The van der Waals surface area contributed by atoms with Gasteiger partial charge in [-0.3, -0.25) is 10.1 Å². The van der Waals surface area contributed by atoms with Crippen molar-refractivity contribution < 1.29 is 4.79 Å². The average Bonchev–Trinajstić information content (AvgIpc) is 2.86. The summed E-state index contributed by atoms with van der Waals surface area (Å²) in [4.78, 5) is 12.7. The highest BCUT2D eigenvalue weighted by atomic mass is 35.5. The van der Waals surface area contributed by atoms with Crippen molar-refractivity contribution in [3.05, 3.63) is 56.2 Å². The van der Waals surface area contributed by atoms with Crippen LogP contribution >= 0.6 is 34.5 Å². The molecule has 3 N–H and O–H groups in total. The van der Waals surface area contributed by atoms with E-state index >= 15 is 0 Å². The van der Waals surface area contributed by atoms with Crippen LogP contribution < -0.4 is 11.1 Å². The van der Waals surface area contributed by atoms with Gasteiger partial charge in [0.25, 0.3) is 0 Å². The molecule has 1 atom stereocenters. The molecule has 2 rings (SSSR count). The molecule has 19 heavy (non-hydrogen) atoms. The maximum Gasteiger partial charge on any atom is 0.239 e. The van der Waals surface area contributed by atoms with Gasteiger partial charge in [0.2, 0.25) is 5.91 Å². The highest BCUT2D eigenvalue weighted by molar-refractivity contribution is 7.09. The van der Waals surface area contributed by atoms with Gasteiger partial charge in [-0.25, -0.2) is 0 Å². The normalized spacial score (nSPS) is 12.3. The van der Waals surface area contributed by atoms with Crippen LogP contribution in [0.2, 0.25) is 10.0 Å². The van der Waals surface area contributed by atoms with Gasteiger partial charge in [-0.2, -0.15) is 0 Å². The lowest BCUT2D eigenvalue weighted by atomic mass is 10.1. The van der Waals surface area contributed by atoms with E-state index in [1.54, 1.807) is 29.5 Å². The fraction of sp³-hybridized carbons (Fsp3) is 0.154. The van der Waals surface area contributed by atoms with Crippen LogP contribution in [-0.4, -0.2) is 5.91 Å². The topological polar surface area (TPSA) is 55.1 Å². The van der Waals surface area contributed by atoms with Crippen molar-refractivity contribution in [2.45, 2.75) is 12.6 Å². The predicted octanol–water partition coefficient (Wildman–Crippen LogP) is 3.37. The van der Waals surface area contributed by atoms with Crippen molar-refractivity contribution in [1.29, 1.82) is 0 Å². The Morgan fingerprint density at radius 2 is 2.11 bits per heavy atom. The summed E-state index contributed by atoms with van der Waals surface area (Å²) in [5.74, 6) is -0.449. The van der Waals surface area contributed by atoms with E-state index in [4.69, 9.17) is 28.9 Å². The summed E-state index contributed by atoms with van der Waals surface area (Å²) in [6.45, 7) is 0.575. The van der Waals surface area contributed by atoms with Gasteiger partial charge in [0.15, 0.2) is 0 Å². The number of rotatable bonds is 5. The molecule has 0 bridgehead atoms. The number of nitrogens with two attached hydrogens (primary N) is 1. The molecule has 1 aromatic carbocycles. The lowest BCUT2D eigenvalue weighted by Gasteiger charge is -2.16. The zero-order valence-electron chi connectivity index (χ0n) is 9.90. The van der Waals surface area contributed by atoms with Gasteiger partial charge in [0.1, 0.15) is 6.04 Å². The molecule has 2 aromatic rings. The number of hydrogen-bond donors (Lipinski definition) is 2. The van der Waals surface area contributed by atoms with Gasteiger partial charge >= 0.3 is 0 Å². The highest BCUT2D eigenvalue weighted by Crippen LogP contribution is 2.26. The van der Waals surface area contributed by atoms with Crippen molar-refractivity contribution in [1.82, 2.24) is 5.32 Å². The molecule has 0 radical (unpaired) electrons. The van der Waals surface area contributed by atoms with Crippen molar-refractivity contribution in [3.63, 3.8) is 0 Å². The molecular formula is C13H12Cl2N2OS. The fourth-order valence-electron chi connectivity index (χ4n) is 1.69. The monoisotopic (exact) mass is 314 g/mol. The van der Waals surface area contributed by atoms with E-state index in [-0.39, 0.29) is 0 Å². The van der Waals surface area contributed by atoms with Crippen LogP contribution in [0.15, 0.2) is 35.7 Å². The summed E-state index contributed by atoms with van der Waals surface area (Å²) in [6.07, 6.45) is 0. The molecule has 0 spiro atoms. The number of thiophene rings is 1. The number of carbonyl (C=O) groups excluding carboxylic acids is 1. The van der Waals surface area contributed by atoms with Crippen LogP contribution in [0.1, 0.15) is 16.5 Å². The maximum absolute atomic E-state index is 11.5. The van der Waals surface area contributed by atoms with Crippen LogP contribution in [0.3, 0.4) is 0 Å². The van der Waals surface area contributed by atoms with Crippen LogP contribution in [0.25, 0.3) is 0 Å². The van der Waals surface area contributed by atoms with Crippen molar-refractivity contribution in [3.8, 4) is 0 Å². The first kappa shape index (κ1) is 14.3. The van der Waals surface area contributed by atoms with Crippen molar-refractivity contribution in [2.75, 3.05) is 0 Å². The minimum atomic E-state index is -0.586. The molecule has 0 aliphatic rings. The zero-order chi connectivity index (χ0) is 13.8. The van der Waals surface area contributed by atoms with Crippen LogP contribution in [0.4, 0.5) is 0 Å². The fourth-order valence-corrected chi connectivity index (χ4v) is 2.65. The largest absolute Gasteiger partial charge is 0.368 e. The summed E-state index contributed by atoms with van der Waals surface area (Å²) in [6, 6.07) is 8.41. The first-order valence-corrected chi connectivity index (χ1v) is 7.21. The number of nitrogens with one attached hydrogen (secondary N) is 1. The van der Waals surface area contributed by atoms with E-state index in [0.717, 1.165) is 4.88 Å².